The lowest BCUT2D eigenvalue weighted by molar-refractivity contribution is -0.0701. The monoisotopic (exact) mass is 192 g/mol. The lowest BCUT2D eigenvalue weighted by atomic mass is 9.71. The molecule has 2 heterocycles. The molecule has 3 aliphatic rings. The Morgan fingerprint density at radius 2 is 1.50 bits per heavy atom. The molecule has 2 bridgehead atoms. The largest absolute Gasteiger partial charge is 0.299 e. The van der Waals surface area contributed by atoms with Gasteiger partial charge in [-0.05, 0) is 25.7 Å². The molecule has 12 heavy (non-hydrogen) atoms. The average molecular weight is 192 g/mol. The van der Waals surface area contributed by atoms with Gasteiger partial charge in [-0.15, -0.1) is 0 Å². The Balaban J connectivity index is 2.32. The van der Waals surface area contributed by atoms with Crippen LogP contribution in [0.15, 0.2) is 0 Å². The van der Waals surface area contributed by atoms with Crippen LogP contribution in [0.5, 0.6) is 0 Å². The first-order chi connectivity index (χ1) is 5.37. The minimum absolute atomic E-state index is 0.138. The summed E-state index contributed by atoms with van der Waals surface area (Å²) in [4.78, 5) is 0. The molecule has 3 rings (SSSR count). The summed E-state index contributed by atoms with van der Waals surface area (Å²) in [5, 5.41) is -2.49. The van der Waals surface area contributed by atoms with Crippen LogP contribution >= 0.6 is 11.8 Å². The first-order valence-electron chi connectivity index (χ1n) is 4.45. The Hall–Kier alpha value is 0.210. The predicted molar refractivity (Wildman–Crippen MR) is 47.5 cm³/mol. The highest BCUT2D eigenvalue weighted by Gasteiger charge is 2.61. The van der Waals surface area contributed by atoms with Gasteiger partial charge in [-0.1, -0.05) is 25.6 Å². The zero-order valence-corrected chi connectivity index (χ0v) is 8.31. The SMILES string of the molecule is CC12CCC(C)(CC1)C(F)(F)S2. The van der Waals surface area contributed by atoms with Crippen molar-refractivity contribution in [3.63, 3.8) is 0 Å². The van der Waals surface area contributed by atoms with E-state index in [0.29, 0.717) is 12.8 Å². The summed E-state index contributed by atoms with van der Waals surface area (Å²) in [6.45, 7) is 3.71. The van der Waals surface area contributed by atoms with Gasteiger partial charge in [-0.3, -0.25) is 0 Å². The van der Waals surface area contributed by atoms with E-state index in [1.165, 1.54) is 0 Å². The molecule has 0 N–H and O–H groups in total. The molecule has 3 heteroatoms. The fraction of sp³-hybridized carbons (Fsp3) is 1.00. The molecule has 70 valence electrons. The lowest BCUT2D eigenvalue weighted by Crippen LogP contribution is -2.51. The van der Waals surface area contributed by atoms with Gasteiger partial charge in [0, 0.05) is 10.2 Å². The van der Waals surface area contributed by atoms with Crippen LogP contribution in [0, 0.1) is 5.41 Å². The molecule has 0 aromatic heterocycles. The van der Waals surface area contributed by atoms with Gasteiger partial charge in [-0.2, -0.15) is 8.78 Å². The number of hydrogen-bond acceptors (Lipinski definition) is 1. The maximum atomic E-state index is 13.5. The molecule has 2 aliphatic heterocycles. The standard InChI is InChI=1S/C9H14F2S/c1-7-3-5-8(2,6-4-7)12-9(7,10)11/h3-6H2,1-2H3. The van der Waals surface area contributed by atoms with Crippen LogP contribution < -0.4 is 0 Å². The number of thioether (sulfide) groups is 1. The molecular weight excluding hydrogens is 178 g/mol. The van der Waals surface area contributed by atoms with Crippen molar-refractivity contribution in [3.8, 4) is 0 Å². The molecule has 0 atom stereocenters. The van der Waals surface area contributed by atoms with Crippen LogP contribution in [-0.2, 0) is 0 Å². The van der Waals surface area contributed by atoms with Crippen molar-refractivity contribution in [2.24, 2.45) is 5.41 Å². The third kappa shape index (κ3) is 1.02. The number of alkyl halides is 2. The smallest absolute Gasteiger partial charge is 0.194 e. The number of fused-ring (bicyclic) bond motifs is 3. The van der Waals surface area contributed by atoms with E-state index in [4.69, 9.17) is 0 Å². The highest BCUT2D eigenvalue weighted by molar-refractivity contribution is 8.01. The van der Waals surface area contributed by atoms with Gasteiger partial charge in [-0.25, -0.2) is 0 Å². The van der Waals surface area contributed by atoms with Gasteiger partial charge in [0.1, 0.15) is 0 Å². The molecule has 3 fully saturated rings. The number of rotatable bonds is 0. The summed E-state index contributed by atoms with van der Waals surface area (Å²) in [7, 11) is 0. The van der Waals surface area contributed by atoms with Crippen molar-refractivity contribution in [1.29, 1.82) is 0 Å². The molecule has 0 spiro atoms. The third-order valence-corrected chi connectivity index (χ3v) is 5.14. The van der Waals surface area contributed by atoms with E-state index in [1.54, 1.807) is 6.92 Å². The van der Waals surface area contributed by atoms with Crippen LogP contribution in [0.1, 0.15) is 39.5 Å². The maximum absolute atomic E-state index is 13.5. The molecule has 0 unspecified atom stereocenters. The van der Waals surface area contributed by atoms with E-state index in [2.05, 4.69) is 0 Å². The number of halogens is 2. The minimum atomic E-state index is -2.49. The molecule has 2 saturated heterocycles. The third-order valence-electron chi connectivity index (χ3n) is 3.49. The van der Waals surface area contributed by atoms with Gasteiger partial charge in [0.15, 0.2) is 0 Å². The number of hydrogen-bond donors (Lipinski definition) is 0. The van der Waals surface area contributed by atoms with Crippen LogP contribution in [-0.4, -0.2) is 10.0 Å². The van der Waals surface area contributed by atoms with E-state index in [9.17, 15) is 8.78 Å². The van der Waals surface area contributed by atoms with Crippen molar-refractivity contribution in [3.05, 3.63) is 0 Å². The van der Waals surface area contributed by atoms with Crippen molar-refractivity contribution in [1.82, 2.24) is 0 Å². The lowest BCUT2D eigenvalue weighted by Gasteiger charge is -2.54. The quantitative estimate of drug-likeness (QED) is 0.564. The van der Waals surface area contributed by atoms with Crippen molar-refractivity contribution >= 4 is 11.8 Å². The molecule has 0 aromatic rings. The summed E-state index contributed by atoms with van der Waals surface area (Å²) >= 11 is 0.906. The van der Waals surface area contributed by atoms with E-state index in [1.807, 2.05) is 6.92 Å². The van der Waals surface area contributed by atoms with E-state index in [0.717, 1.165) is 24.6 Å². The molecule has 0 amide bonds. The summed E-state index contributed by atoms with van der Waals surface area (Å²) in [6, 6.07) is 0. The van der Waals surface area contributed by atoms with Crippen LogP contribution in [0.25, 0.3) is 0 Å². The maximum Gasteiger partial charge on any atom is 0.299 e. The van der Waals surface area contributed by atoms with Crippen molar-refractivity contribution in [2.45, 2.75) is 49.5 Å². The zero-order chi connectivity index (χ0) is 9.04. The predicted octanol–water partition coefficient (Wildman–Crippen LogP) is 3.67. The Morgan fingerprint density at radius 3 is 1.83 bits per heavy atom. The first-order valence-corrected chi connectivity index (χ1v) is 5.27. The summed E-state index contributed by atoms with van der Waals surface area (Å²) in [5.41, 5.74) is -0.713. The highest BCUT2D eigenvalue weighted by Crippen LogP contribution is 2.66. The summed E-state index contributed by atoms with van der Waals surface area (Å²) in [5.74, 6) is 0. The fourth-order valence-electron chi connectivity index (χ4n) is 2.16. The van der Waals surface area contributed by atoms with Crippen LogP contribution in [0.2, 0.25) is 0 Å². The molecule has 0 radical (unpaired) electrons. The van der Waals surface area contributed by atoms with Crippen molar-refractivity contribution in [2.75, 3.05) is 0 Å². The van der Waals surface area contributed by atoms with E-state index >= 15 is 0 Å². The second kappa shape index (κ2) is 2.17. The highest BCUT2D eigenvalue weighted by atomic mass is 32.2. The second-order valence-electron chi connectivity index (χ2n) is 4.63. The van der Waals surface area contributed by atoms with Crippen molar-refractivity contribution < 1.29 is 8.78 Å². The van der Waals surface area contributed by atoms with Gasteiger partial charge in [0.05, 0.1) is 0 Å². The summed E-state index contributed by atoms with van der Waals surface area (Å²) < 4.78 is 26.8. The Bertz CT molecular complexity index is 205. The Morgan fingerprint density at radius 1 is 1.00 bits per heavy atom. The first kappa shape index (κ1) is 8.79. The molecule has 0 aromatic carbocycles. The van der Waals surface area contributed by atoms with Crippen LogP contribution in [0.3, 0.4) is 0 Å². The zero-order valence-electron chi connectivity index (χ0n) is 7.49. The topological polar surface area (TPSA) is 0 Å². The normalized spacial score (nSPS) is 51.0. The molecular formula is C9H14F2S. The molecule has 0 nitrogen and oxygen atoms in total. The van der Waals surface area contributed by atoms with E-state index in [-0.39, 0.29) is 4.75 Å². The summed E-state index contributed by atoms with van der Waals surface area (Å²) in [6.07, 6.45) is 3.32. The molecule has 1 aliphatic carbocycles. The minimum Gasteiger partial charge on any atom is -0.194 e. The second-order valence-corrected chi connectivity index (χ2v) is 6.33. The van der Waals surface area contributed by atoms with Crippen LogP contribution in [0.4, 0.5) is 8.78 Å². The van der Waals surface area contributed by atoms with Gasteiger partial charge >= 0.3 is 0 Å². The van der Waals surface area contributed by atoms with Gasteiger partial charge in [0.25, 0.3) is 5.25 Å². The fourth-order valence-corrected chi connectivity index (χ4v) is 3.63. The molecule has 1 saturated carbocycles. The average Bonchev–Trinajstić information content (AvgIpc) is 1.92. The van der Waals surface area contributed by atoms with Gasteiger partial charge in [0.2, 0.25) is 0 Å². The van der Waals surface area contributed by atoms with E-state index < -0.39 is 10.7 Å². The Kier molecular flexibility index (Phi) is 1.59. The Labute approximate surface area is 76.1 Å². The van der Waals surface area contributed by atoms with Gasteiger partial charge < -0.3 is 0 Å².